The quantitative estimate of drug-likeness (QED) is 0.403. The Kier molecular flexibility index (Phi) is 0.632. The van der Waals surface area contributed by atoms with Crippen molar-refractivity contribution in [3.63, 3.8) is 0 Å². The highest BCUT2D eigenvalue weighted by atomic mass is 16.6. The molecule has 2 aliphatic carbocycles. The third kappa shape index (κ3) is 0.560. The molecule has 10 heavy (non-hydrogen) atoms. The summed E-state index contributed by atoms with van der Waals surface area (Å²) in [5.41, 5.74) is 0.0308. The van der Waals surface area contributed by atoms with Crippen molar-refractivity contribution in [3.8, 4) is 0 Å². The van der Waals surface area contributed by atoms with Crippen LogP contribution in [0, 0.1) is 5.92 Å². The number of ether oxygens (including phenoxy) is 2. The molecule has 0 unspecified atom stereocenters. The van der Waals surface area contributed by atoms with Crippen LogP contribution in [-0.2, 0) is 14.3 Å². The average Bonchev–Trinajstić information content (AvgIpc) is 2.60. The minimum absolute atomic E-state index is 0.0308. The van der Waals surface area contributed by atoms with E-state index in [-0.39, 0.29) is 17.7 Å². The number of carbonyl (C=O) groups excluding carboxylic acids is 1. The zero-order chi connectivity index (χ0) is 6.77. The van der Waals surface area contributed by atoms with Crippen molar-refractivity contribution in [1.29, 1.82) is 0 Å². The molecule has 3 rings (SSSR count). The summed E-state index contributed by atoms with van der Waals surface area (Å²) in [4.78, 5) is 10.9. The monoisotopic (exact) mass is 140 g/mol. The highest BCUT2D eigenvalue weighted by Gasteiger charge is 2.74. The largest absolute Gasteiger partial charge is 0.457 e. The Labute approximate surface area is 58.3 Å². The molecule has 3 aliphatic rings. The van der Waals surface area contributed by atoms with E-state index in [0.717, 1.165) is 18.8 Å². The Morgan fingerprint density at radius 1 is 1.60 bits per heavy atom. The molecule has 3 fully saturated rings. The number of esters is 1. The van der Waals surface area contributed by atoms with Crippen molar-refractivity contribution < 1.29 is 14.3 Å². The van der Waals surface area contributed by atoms with E-state index in [9.17, 15) is 4.79 Å². The molecule has 1 atom stereocenters. The minimum atomic E-state index is -0.212. The van der Waals surface area contributed by atoms with Gasteiger partial charge < -0.3 is 9.47 Å². The summed E-state index contributed by atoms with van der Waals surface area (Å²) in [5.74, 6) is 0.579. The third-order valence-corrected chi connectivity index (χ3v) is 2.51. The van der Waals surface area contributed by atoms with Crippen molar-refractivity contribution in [2.24, 2.45) is 5.92 Å². The number of hydrogen-bond acceptors (Lipinski definition) is 3. The molecule has 54 valence electrons. The van der Waals surface area contributed by atoms with Gasteiger partial charge in [-0.05, 0) is 12.8 Å². The molecule has 1 saturated heterocycles. The zero-order valence-electron chi connectivity index (χ0n) is 5.50. The summed E-state index contributed by atoms with van der Waals surface area (Å²) >= 11 is 0. The zero-order valence-corrected chi connectivity index (χ0v) is 5.50. The first-order chi connectivity index (χ1) is 4.80. The van der Waals surface area contributed by atoms with Crippen LogP contribution in [0.15, 0.2) is 0 Å². The van der Waals surface area contributed by atoms with E-state index < -0.39 is 0 Å². The van der Waals surface area contributed by atoms with E-state index in [1.807, 2.05) is 0 Å². The minimum Gasteiger partial charge on any atom is -0.457 e. The lowest BCUT2D eigenvalue weighted by Gasteiger charge is -2.03. The molecule has 2 saturated carbocycles. The Morgan fingerprint density at radius 2 is 2.20 bits per heavy atom. The van der Waals surface area contributed by atoms with Gasteiger partial charge in [0.25, 0.3) is 0 Å². The molecule has 0 bridgehead atoms. The van der Waals surface area contributed by atoms with Crippen LogP contribution in [0.1, 0.15) is 12.8 Å². The first-order valence-corrected chi connectivity index (χ1v) is 3.65. The first-order valence-electron chi connectivity index (χ1n) is 3.65. The van der Waals surface area contributed by atoms with Gasteiger partial charge in [0.2, 0.25) is 0 Å². The number of hydrogen-bond donors (Lipinski definition) is 0. The lowest BCUT2D eigenvalue weighted by atomic mass is 10.4. The van der Waals surface area contributed by atoms with Crippen LogP contribution in [0.4, 0.5) is 0 Å². The predicted octanol–water partition coefficient (Wildman–Crippen LogP) is 0.0908. The molecule has 0 aromatic carbocycles. The lowest BCUT2D eigenvalue weighted by molar-refractivity contribution is -0.149. The molecule has 0 aromatic rings. The number of epoxide rings is 1. The molecular formula is C7H8O3. The normalized spacial score (nSPS) is 53.2. The molecule has 0 radical (unpaired) electrons. The van der Waals surface area contributed by atoms with Gasteiger partial charge in [0, 0.05) is 5.92 Å². The van der Waals surface area contributed by atoms with E-state index in [0.29, 0.717) is 6.61 Å². The summed E-state index contributed by atoms with van der Waals surface area (Å²) in [7, 11) is 0. The van der Waals surface area contributed by atoms with Crippen molar-refractivity contribution in [1.82, 2.24) is 0 Å². The van der Waals surface area contributed by atoms with Crippen LogP contribution in [0.5, 0.6) is 0 Å². The van der Waals surface area contributed by atoms with Gasteiger partial charge in [0.05, 0.1) is 6.61 Å². The average molecular weight is 140 g/mol. The van der Waals surface area contributed by atoms with Crippen molar-refractivity contribution in [2.45, 2.75) is 24.5 Å². The van der Waals surface area contributed by atoms with Gasteiger partial charge in [0.15, 0.2) is 6.10 Å². The van der Waals surface area contributed by atoms with Crippen LogP contribution in [-0.4, -0.2) is 24.3 Å². The Morgan fingerprint density at radius 3 is 2.60 bits per heavy atom. The van der Waals surface area contributed by atoms with E-state index in [1.54, 1.807) is 0 Å². The standard InChI is InChI=1S/C7H8O3/c8-6(5-3-9-5)10-7-1-4(7)2-7/h4-5H,1-3H2/t4?,5-,7?/m1/s1. The summed E-state index contributed by atoms with van der Waals surface area (Å²) in [6.07, 6.45) is 1.99. The smallest absolute Gasteiger partial charge is 0.338 e. The Bertz CT molecular complexity index is 201. The summed E-state index contributed by atoms with van der Waals surface area (Å²) in [5, 5.41) is 0. The maximum absolute atomic E-state index is 10.9. The fraction of sp³-hybridized carbons (Fsp3) is 0.857. The molecule has 3 heteroatoms. The molecule has 0 spiro atoms. The van der Waals surface area contributed by atoms with Crippen molar-refractivity contribution >= 4 is 5.97 Å². The van der Waals surface area contributed by atoms with Gasteiger partial charge in [-0.1, -0.05) is 0 Å². The van der Waals surface area contributed by atoms with Gasteiger partial charge in [-0.25, -0.2) is 4.79 Å². The number of fused-ring (bicyclic) bond motifs is 1. The van der Waals surface area contributed by atoms with Crippen LogP contribution >= 0.6 is 0 Å². The molecule has 1 heterocycles. The van der Waals surface area contributed by atoms with Gasteiger partial charge in [-0.3, -0.25) is 0 Å². The third-order valence-electron chi connectivity index (χ3n) is 2.51. The predicted molar refractivity (Wildman–Crippen MR) is 31.3 cm³/mol. The highest BCUT2D eigenvalue weighted by molar-refractivity contribution is 5.78. The molecular weight excluding hydrogens is 132 g/mol. The van der Waals surface area contributed by atoms with Crippen LogP contribution in [0.3, 0.4) is 0 Å². The topological polar surface area (TPSA) is 38.8 Å². The lowest BCUT2D eigenvalue weighted by Crippen LogP contribution is -2.16. The van der Waals surface area contributed by atoms with Crippen LogP contribution in [0.25, 0.3) is 0 Å². The molecule has 3 nitrogen and oxygen atoms in total. The summed E-state index contributed by atoms with van der Waals surface area (Å²) in [6.45, 7) is 0.569. The number of rotatable bonds is 2. The van der Waals surface area contributed by atoms with E-state index in [4.69, 9.17) is 9.47 Å². The molecule has 0 amide bonds. The Hall–Kier alpha value is -0.570. The van der Waals surface area contributed by atoms with E-state index in [1.165, 1.54) is 0 Å². The van der Waals surface area contributed by atoms with E-state index >= 15 is 0 Å². The maximum Gasteiger partial charge on any atom is 0.338 e. The summed E-state index contributed by atoms with van der Waals surface area (Å²) in [6, 6.07) is 0. The van der Waals surface area contributed by atoms with Gasteiger partial charge in [-0.2, -0.15) is 0 Å². The number of carbonyl (C=O) groups is 1. The van der Waals surface area contributed by atoms with Crippen molar-refractivity contribution in [3.05, 3.63) is 0 Å². The maximum atomic E-state index is 10.9. The van der Waals surface area contributed by atoms with Crippen LogP contribution < -0.4 is 0 Å². The second kappa shape index (κ2) is 1.23. The SMILES string of the molecule is O=C(OC12CC1C2)[C@H]1CO1. The van der Waals surface area contributed by atoms with Gasteiger partial charge in [0.1, 0.15) is 5.60 Å². The van der Waals surface area contributed by atoms with E-state index in [2.05, 4.69) is 0 Å². The van der Waals surface area contributed by atoms with Gasteiger partial charge in [-0.15, -0.1) is 0 Å². The van der Waals surface area contributed by atoms with Crippen LogP contribution in [0.2, 0.25) is 0 Å². The second-order valence-electron chi connectivity index (χ2n) is 3.41. The highest BCUT2D eigenvalue weighted by Crippen LogP contribution is 2.69. The van der Waals surface area contributed by atoms with Gasteiger partial charge >= 0.3 is 5.97 Å². The first kappa shape index (κ1) is 5.13. The molecule has 1 aliphatic heterocycles. The molecule has 0 N–H and O–H groups in total. The Balaban J connectivity index is 1.62. The fourth-order valence-corrected chi connectivity index (χ4v) is 1.27. The second-order valence-corrected chi connectivity index (χ2v) is 3.41. The molecule has 0 aromatic heterocycles. The van der Waals surface area contributed by atoms with Crippen molar-refractivity contribution in [2.75, 3.05) is 6.61 Å². The summed E-state index contributed by atoms with van der Waals surface area (Å²) < 4.78 is 9.97. The fourth-order valence-electron chi connectivity index (χ4n) is 1.27.